The number of ether oxygens (including phenoxy) is 2. The number of nitrogens with zero attached hydrogens (tertiary/aromatic N) is 5. The van der Waals surface area contributed by atoms with Crippen LogP contribution in [0.2, 0.25) is 0 Å². The van der Waals surface area contributed by atoms with Crippen molar-refractivity contribution in [3.05, 3.63) is 36.3 Å². The Morgan fingerprint density at radius 1 is 1.15 bits per heavy atom. The molecule has 3 aromatic rings. The largest absolute Gasteiger partial charge is 0.393 e. The second-order valence-corrected chi connectivity index (χ2v) is 8.79. The van der Waals surface area contributed by atoms with E-state index >= 15 is 0 Å². The number of nitrogens with one attached hydrogen (secondary N) is 1. The number of aliphatic hydroxyl groups is 1. The highest BCUT2D eigenvalue weighted by Crippen LogP contribution is 2.38. The molecule has 4 heterocycles. The Morgan fingerprint density at radius 3 is 2.76 bits per heavy atom. The molecule has 2 aliphatic rings. The first kappa shape index (κ1) is 22.1. The van der Waals surface area contributed by atoms with E-state index in [-0.39, 0.29) is 6.10 Å². The molecule has 2 fully saturated rings. The number of hydrogen-bond donors (Lipinski definition) is 2. The molecule has 176 valence electrons. The summed E-state index contributed by atoms with van der Waals surface area (Å²) >= 11 is 0. The summed E-state index contributed by atoms with van der Waals surface area (Å²) in [7, 11) is 1.68. The summed E-state index contributed by atoms with van der Waals surface area (Å²) in [4.78, 5) is 11.4. The van der Waals surface area contributed by atoms with E-state index < -0.39 is 0 Å². The lowest BCUT2D eigenvalue weighted by molar-refractivity contribution is 0.121. The van der Waals surface area contributed by atoms with Gasteiger partial charge in [0.15, 0.2) is 0 Å². The molecule has 0 aromatic carbocycles. The Morgan fingerprint density at radius 2 is 1.97 bits per heavy atom. The van der Waals surface area contributed by atoms with Crippen molar-refractivity contribution in [1.29, 1.82) is 0 Å². The lowest BCUT2D eigenvalue weighted by Crippen LogP contribution is -2.36. The van der Waals surface area contributed by atoms with Gasteiger partial charge in [0.05, 0.1) is 37.6 Å². The van der Waals surface area contributed by atoms with Crippen LogP contribution in [-0.4, -0.2) is 77.4 Å². The molecule has 5 rings (SSSR count). The zero-order valence-corrected chi connectivity index (χ0v) is 19.1. The van der Waals surface area contributed by atoms with Crippen molar-refractivity contribution in [3.8, 4) is 11.1 Å². The van der Waals surface area contributed by atoms with Crippen LogP contribution in [0, 0.1) is 0 Å². The smallest absolute Gasteiger partial charge is 0.241 e. The Labute approximate surface area is 193 Å². The molecule has 9 nitrogen and oxygen atoms in total. The average Bonchev–Trinajstić information content (AvgIpc) is 3.24. The van der Waals surface area contributed by atoms with Crippen molar-refractivity contribution in [1.82, 2.24) is 19.6 Å². The number of morpholine rings is 1. The van der Waals surface area contributed by atoms with Crippen LogP contribution in [0.25, 0.3) is 16.6 Å². The second kappa shape index (κ2) is 10.0. The fourth-order valence-electron chi connectivity index (χ4n) is 4.81. The Kier molecular flexibility index (Phi) is 6.70. The maximum atomic E-state index is 10.0. The molecular weight excluding hydrogens is 420 g/mol. The van der Waals surface area contributed by atoms with Crippen LogP contribution in [-0.2, 0) is 9.47 Å². The number of hydrogen-bond acceptors (Lipinski definition) is 8. The molecule has 1 aliphatic carbocycles. The normalized spacial score (nSPS) is 21.5. The van der Waals surface area contributed by atoms with Gasteiger partial charge in [0.1, 0.15) is 5.82 Å². The van der Waals surface area contributed by atoms with Gasteiger partial charge in [0.25, 0.3) is 0 Å². The first-order chi connectivity index (χ1) is 16.2. The minimum atomic E-state index is -0.191. The summed E-state index contributed by atoms with van der Waals surface area (Å²) in [5.41, 5.74) is 4.37. The van der Waals surface area contributed by atoms with E-state index in [1.165, 1.54) is 5.69 Å². The number of fused-ring (bicyclic) bond motifs is 1. The predicted molar refractivity (Wildman–Crippen MR) is 127 cm³/mol. The Bertz CT molecular complexity index is 1070. The molecule has 9 heteroatoms. The summed E-state index contributed by atoms with van der Waals surface area (Å²) in [5, 5.41) is 18.1. The number of aromatic nitrogens is 4. The SMILES string of the molecule is COCCNc1ncc2c(-c3ccnc(N4CCOCC4)c3)cc(C3CCC(O)CC3)n2n1. The highest BCUT2D eigenvalue weighted by Gasteiger charge is 2.26. The minimum Gasteiger partial charge on any atom is -0.393 e. The monoisotopic (exact) mass is 452 g/mol. The van der Waals surface area contributed by atoms with Crippen molar-refractivity contribution in [2.24, 2.45) is 0 Å². The lowest BCUT2D eigenvalue weighted by Gasteiger charge is -2.28. The molecule has 0 spiro atoms. The lowest BCUT2D eigenvalue weighted by atomic mass is 9.85. The number of aliphatic hydroxyl groups excluding tert-OH is 1. The fraction of sp³-hybridized carbons (Fsp3) is 0.542. The molecule has 1 saturated heterocycles. The molecule has 1 saturated carbocycles. The molecule has 1 aliphatic heterocycles. The van der Waals surface area contributed by atoms with E-state index in [1.54, 1.807) is 7.11 Å². The van der Waals surface area contributed by atoms with Crippen LogP contribution in [0.15, 0.2) is 30.6 Å². The molecule has 0 amide bonds. The maximum absolute atomic E-state index is 10.0. The van der Waals surface area contributed by atoms with Gasteiger partial charge >= 0.3 is 0 Å². The Balaban J connectivity index is 1.53. The van der Waals surface area contributed by atoms with Crippen LogP contribution in [0.5, 0.6) is 0 Å². The molecule has 33 heavy (non-hydrogen) atoms. The van der Waals surface area contributed by atoms with Crippen molar-refractivity contribution in [2.45, 2.75) is 37.7 Å². The molecular formula is C24H32N6O3. The zero-order chi connectivity index (χ0) is 22.6. The molecule has 0 radical (unpaired) electrons. The predicted octanol–water partition coefficient (Wildman–Crippen LogP) is 2.70. The van der Waals surface area contributed by atoms with Gasteiger partial charge < -0.3 is 24.8 Å². The molecule has 0 atom stereocenters. The maximum Gasteiger partial charge on any atom is 0.241 e. The van der Waals surface area contributed by atoms with E-state index in [9.17, 15) is 5.11 Å². The molecule has 2 N–H and O–H groups in total. The second-order valence-electron chi connectivity index (χ2n) is 8.79. The number of anilines is 2. The topological polar surface area (TPSA) is 97.0 Å². The number of methoxy groups -OCH3 is 1. The van der Waals surface area contributed by atoms with Crippen molar-refractivity contribution in [3.63, 3.8) is 0 Å². The van der Waals surface area contributed by atoms with Crippen LogP contribution in [0.3, 0.4) is 0 Å². The van der Waals surface area contributed by atoms with Crippen LogP contribution >= 0.6 is 0 Å². The van der Waals surface area contributed by atoms with Crippen LogP contribution in [0.1, 0.15) is 37.3 Å². The molecule has 0 unspecified atom stereocenters. The van der Waals surface area contributed by atoms with E-state index in [0.717, 1.165) is 74.4 Å². The van der Waals surface area contributed by atoms with Gasteiger partial charge in [-0.1, -0.05) is 0 Å². The third-order valence-corrected chi connectivity index (χ3v) is 6.64. The van der Waals surface area contributed by atoms with E-state index in [2.05, 4.69) is 38.4 Å². The van der Waals surface area contributed by atoms with Gasteiger partial charge in [0.2, 0.25) is 5.95 Å². The average molecular weight is 453 g/mol. The summed E-state index contributed by atoms with van der Waals surface area (Å²) in [6, 6.07) is 6.46. The van der Waals surface area contributed by atoms with Crippen molar-refractivity contribution in [2.75, 3.05) is 56.8 Å². The summed E-state index contributed by atoms with van der Waals surface area (Å²) < 4.78 is 12.7. The first-order valence-electron chi connectivity index (χ1n) is 11.8. The van der Waals surface area contributed by atoms with Crippen molar-refractivity contribution < 1.29 is 14.6 Å². The van der Waals surface area contributed by atoms with E-state index in [4.69, 9.17) is 14.6 Å². The summed E-state index contributed by atoms with van der Waals surface area (Å²) in [6.45, 7) is 4.39. The number of rotatable bonds is 7. The summed E-state index contributed by atoms with van der Waals surface area (Å²) in [5.74, 6) is 1.91. The summed E-state index contributed by atoms with van der Waals surface area (Å²) in [6.07, 6.45) is 7.15. The zero-order valence-electron chi connectivity index (χ0n) is 19.1. The first-order valence-corrected chi connectivity index (χ1v) is 11.8. The van der Waals surface area contributed by atoms with E-state index in [1.807, 2.05) is 16.9 Å². The van der Waals surface area contributed by atoms with Crippen LogP contribution in [0.4, 0.5) is 11.8 Å². The number of pyridine rings is 1. The minimum absolute atomic E-state index is 0.191. The molecule has 0 bridgehead atoms. The molecule has 3 aromatic heterocycles. The third kappa shape index (κ3) is 4.80. The fourth-order valence-corrected chi connectivity index (χ4v) is 4.81. The van der Waals surface area contributed by atoms with Gasteiger partial charge in [-0.3, -0.25) is 0 Å². The van der Waals surface area contributed by atoms with E-state index in [0.29, 0.717) is 25.0 Å². The van der Waals surface area contributed by atoms with Crippen LogP contribution < -0.4 is 10.2 Å². The van der Waals surface area contributed by atoms with Gasteiger partial charge in [0, 0.05) is 50.1 Å². The standard InChI is InChI=1S/C24H32N6O3/c1-32-11-8-26-24-27-16-22-20(15-21(30(22)28-24)17-2-4-19(31)5-3-17)18-6-7-25-23(14-18)29-9-12-33-13-10-29/h6-7,14-17,19,31H,2-5,8-13H2,1H3,(H,26,28). The van der Waals surface area contributed by atoms with Gasteiger partial charge in [-0.05, 0) is 49.4 Å². The quantitative estimate of drug-likeness (QED) is 0.528. The highest BCUT2D eigenvalue weighted by molar-refractivity contribution is 5.82. The van der Waals surface area contributed by atoms with Crippen molar-refractivity contribution >= 4 is 17.3 Å². The highest BCUT2D eigenvalue weighted by atomic mass is 16.5. The third-order valence-electron chi connectivity index (χ3n) is 6.64. The van der Waals surface area contributed by atoms with Gasteiger partial charge in [-0.25, -0.2) is 14.5 Å². The van der Waals surface area contributed by atoms with Gasteiger partial charge in [-0.15, -0.1) is 5.10 Å². The van der Waals surface area contributed by atoms with Gasteiger partial charge in [-0.2, -0.15) is 0 Å². The Hall–Kier alpha value is -2.75.